The van der Waals surface area contributed by atoms with Crippen LogP contribution >= 0.6 is 0 Å². The summed E-state index contributed by atoms with van der Waals surface area (Å²) in [6, 6.07) is 81.0. The lowest BCUT2D eigenvalue weighted by Crippen LogP contribution is -2.03. The first-order valence-electron chi connectivity index (χ1n) is 19.3. The van der Waals surface area contributed by atoms with Gasteiger partial charge in [-0.1, -0.05) is 206 Å². The summed E-state index contributed by atoms with van der Waals surface area (Å²) in [5.41, 5.74) is 17.7. The van der Waals surface area contributed by atoms with Crippen molar-refractivity contribution in [2.75, 3.05) is 0 Å². The van der Waals surface area contributed by atoms with Gasteiger partial charge >= 0.3 is 0 Å². The molecule has 0 N–H and O–H groups in total. The van der Waals surface area contributed by atoms with Crippen molar-refractivity contribution in [1.29, 1.82) is 0 Å². The highest BCUT2D eigenvalue weighted by molar-refractivity contribution is 6.06. The number of hydrogen-bond donors (Lipinski definition) is 0. The maximum atomic E-state index is 6.11. The lowest BCUT2D eigenvalue weighted by molar-refractivity contribution is 0.669. The number of benzene rings is 9. The molecule has 9 aromatic carbocycles. The number of para-hydroxylation sites is 1. The van der Waals surface area contributed by atoms with Crippen LogP contribution in [0.2, 0.25) is 0 Å². The van der Waals surface area contributed by atoms with Crippen LogP contribution < -0.4 is 0 Å². The molecule has 0 saturated heterocycles. The number of rotatable bonds is 8. The molecule has 1 aromatic heterocycles. The minimum Gasteiger partial charge on any atom is -0.456 e. The van der Waals surface area contributed by atoms with E-state index in [1.54, 1.807) is 0 Å². The Balaban J connectivity index is 0.978. The van der Waals surface area contributed by atoms with E-state index in [1.165, 1.54) is 72.3 Å². The van der Waals surface area contributed by atoms with Gasteiger partial charge in [0.25, 0.3) is 0 Å². The molecule has 1 nitrogen and oxygen atoms in total. The monoisotopic (exact) mass is 714 g/mol. The Hall–Kier alpha value is -7.22. The average molecular weight is 715 g/mol. The maximum Gasteiger partial charge on any atom is 0.135 e. The molecular weight excluding hydrogens is 677 g/mol. The zero-order valence-corrected chi connectivity index (χ0v) is 30.8. The first-order chi connectivity index (χ1) is 27.7. The molecular formula is C55H38O. The van der Waals surface area contributed by atoms with Gasteiger partial charge in [0.1, 0.15) is 11.2 Å². The van der Waals surface area contributed by atoms with Gasteiger partial charge in [0, 0.05) is 16.7 Å². The van der Waals surface area contributed by atoms with Crippen LogP contribution in [-0.2, 0) is 0 Å². The van der Waals surface area contributed by atoms with Gasteiger partial charge in [-0.05, 0) is 90.5 Å². The quantitative estimate of drug-likeness (QED) is 0.143. The Kier molecular flexibility index (Phi) is 8.67. The standard InChI is InChI=1S/C55H38O/c1-3-9-38(10-4-1)40-15-19-42(20-16-40)44-23-29-47(30-24-44)55(48-31-25-45(26-32-48)43-21-17-41(18-22-43)39-11-5-2-6-12-39)49-33-27-46(28-34-49)50-35-36-54-52(37-50)51-13-7-8-14-53(51)56-54/h1-37,55H. The van der Waals surface area contributed by atoms with Crippen molar-refractivity contribution < 1.29 is 4.42 Å². The summed E-state index contributed by atoms with van der Waals surface area (Å²) >= 11 is 0. The predicted molar refractivity (Wildman–Crippen MR) is 235 cm³/mol. The Morgan fingerprint density at radius 3 is 0.964 bits per heavy atom. The smallest absolute Gasteiger partial charge is 0.135 e. The summed E-state index contributed by atoms with van der Waals surface area (Å²) in [6.45, 7) is 0. The highest BCUT2D eigenvalue weighted by Crippen LogP contribution is 2.37. The minimum atomic E-state index is 0.0633. The highest BCUT2D eigenvalue weighted by atomic mass is 16.3. The van der Waals surface area contributed by atoms with Crippen LogP contribution in [0.25, 0.3) is 77.6 Å². The van der Waals surface area contributed by atoms with Crippen molar-refractivity contribution in [3.63, 3.8) is 0 Å². The molecule has 10 rings (SSSR count). The largest absolute Gasteiger partial charge is 0.456 e. The van der Waals surface area contributed by atoms with E-state index in [0.29, 0.717) is 0 Å². The maximum absolute atomic E-state index is 6.11. The molecule has 0 aliphatic heterocycles. The molecule has 1 heteroatoms. The molecule has 0 fully saturated rings. The fraction of sp³-hybridized carbons (Fsp3) is 0.0182. The Bertz CT molecular complexity index is 2760. The third-order valence-corrected chi connectivity index (χ3v) is 11.1. The molecule has 264 valence electrons. The van der Waals surface area contributed by atoms with Crippen LogP contribution in [-0.4, -0.2) is 0 Å². The molecule has 10 aromatic rings. The molecule has 1 heterocycles. The van der Waals surface area contributed by atoms with Crippen molar-refractivity contribution in [3.05, 3.63) is 241 Å². The fourth-order valence-electron chi connectivity index (χ4n) is 8.06. The van der Waals surface area contributed by atoms with Crippen molar-refractivity contribution in [2.45, 2.75) is 5.92 Å². The summed E-state index contributed by atoms with van der Waals surface area (Å²) in [7, 11) is 0. The van der Waals surface area contributed by atoms with Gasteiger partial charge in [-0.2, -0.15) is 0 Å². The molecule has 0 aliphatic carbocycles. The second kappa shape index (κ2) is 14.5. The third kappa shape index (κ3) is 6.50. The van der Waals surface area contributed by atoms with Crippen LogP contribution in [0.5, 0.6) is 0 Å². The molecule has 0 amide bonds. The van der Waals surface area contributed by atoms with E-state index in [0.717, 1.165) is 21.9 Å². The number of furan rings is 1. The first-order valence-corrected chi connectivity index (χ1v) is 19.3. The normalized spacial score (nSPS) is 11.4. The third-order valence-electron chi connectivity index (χ3n) is 11.1. The van der Waals surface area contributed by atoms with Gasteiger partial charge in [0.2, 0.25) is 0 Å². The van der Waals surface area contributed by atoms with E-state index in [4.69, 9.17) is 4.42 Å². The first kappa shape index (κ1) is 33.4. The molecule has 0 spiro atoms. The van der Waals surface area contributed by atoms with Crippen molar-refractivity contribution in [1.82, 2.24) is 0 Å². The molecule has 0 saturated carbocycles. The van der Waals surface area contributed by atoms with Crippen LogP contribution in [0.15, 0.2) is 229 Å². The summed E-state index contributed by atoms with van der Waals surface area (Å²) in [6.07, 6.45) is 0. The lowest BCUT2D eigenvalue weighted by Gasteiger charge is -2.20. The van der Waals surface area contributed by atoms with E-state index in [1.807, 2.05) is 12.1 Å². The second-order valence-electron chi connectivity index (χ2n) is 14.5. The molecule has 0 aliphatic rings. The topological polar surface area (TPSA) is 13.1 Å². The lowest BCUT2D eigenvalue weighted by atomic mass is 9.83. The zero-order chi connectivity index (χ0) is 37.3. The molecule has 56 heavy (non-hydrogen) atoms. The van der Waals surface area contributed by atoms with Gasteiger partial charge in [0.15, 0.2) is 0 Å². The van der Waals surface area contributed by atoms with E-state index in [9.17, 15) is 0 Å². The van der Waals surface area contributed by atoms with E-state index < -0.39 is 0 Å². The molecule has 0 unspecified atom stereocenters. The predicted octanol–water partition coefficient (Wildman–Crippen LogP) is 15.1. The van der Waals surface area contributed by atoms with Crippen molar-refractivity contribution in [2.24, 2.45) is 0 Å². The van der Waals surface area contributed by atoms with Crippen molar-refractivity contribution in [3.8, 4) is 55.6 Å². The van der Waals surface area contributed by atoms with Crippen LogP contribution in [0, 0.1) is 0 Å². The SMILES string of the molecule is c1ccc(-c2ccc(-c3ccc(C(c4ccc(-c5ccc(-c6ccccc6)cc5)cc4)c4ccc(-c5ccc6oc7ccccc7c6c5)cc4)cc3)cc2)cc1. The summed E-state index contributed by atoms with van der Waals surface area (Å²) in [5, 5.41) is 2.29. The second-order valence-corrected chi connectivity index (χ2v) is 14.5. The Morgan fingerprint density at radius 1 is 0.232 bits per heavy atom. The fourth-order valence-corrected chi connectivity index (χ4v) is 8.06. The minimum absolute atomic E-state index is 0.0633. The van der Waals surface area contributed by atoms with Gasteiger partial charge in [-0.15, -0.1) is 0 Å². The Morgan fingerprint density at radius 2 is 0.536 bits per heavy atom. The molecule has 0 atom stereocenters. The van der Waals surface area contributed by atoms with Gasteiger partial charge in [-0.3, -0.25) is 0 Å². The van der Waals surface area contributed by atoms with E-state index >= 15 is 0 Å². The van der Waals surface area contributed by atoms with Gasteiger partial charge < -0.3 is 4.42 Å². The van der Waals surface area contributed by atoms with E-state index in [2.05, 4.69) is 212 Å². The molecule has 0 bridgehead atoms. The molecule has 0 radical (unpaired) electrons. The summed E-state index contributed by atoms with van der Waals surface area (Å²) < 4.78 is 6.11. The Labute approximate surface area is 327 Å². The number of hydrogen-bond acceptors (Lipinski definition) is 1. The van der Waals surface area contributed by atoms with Gasteiger partial charge in [-0.25, -0.2) is 0 Å². The van der Waals surface area contributed by atoms with Crippen LogP contribution in [0.4, 0.5) is 0 Å². The van der Waals surface area contributed by atoms with Crippen LogP contribution in [0.3, 0.4) is 0 Å². The zero-order valence-electron chi connectivity index (χ0n) is 30.8. The van der Waals surface area contributed by atoms with E-state index in [-0.39, 0.29) is 5.92 Å². The van der Waals surface area contributed by atoms with Crippen molar-refractivity contribution >= 4 is 21.9 Å². The highest BCUT2D eigenvalue weighted by Gasteiger charge is 2.18. The average Bonchev–Trinajstić information content (AvgIpc) is 3.66. The summed E-state index contributed by atoms with van der Waals surface area (Å²) in [4.78, 5) is 0. The number of fused-ring (bicyclic) bond motifs is 3. The van der Waals surface area contributed by atoms with Gasteiger partial charge in [0.05, 0.1) is 0 Å². The van der Waals surface area contributed by atoms with Crippen LogP contribution in [0.1, 0.15) is 22.6 Å². The summed E-state index contributed by atoms with van der Waals surface area (Å²) in [5.74, 6) is 0.0633.